The average Bonchev–Trinajstić information content (AvgIpc) is 3.13. The van der Waals surface area contributed by atoms with Gasteiger partial charge < -0.3 is 14.0 Å². The molecule has 26 heavy (non-hydrogen) atoms. The number of imidazole rings is 1. The van der Waals surface area contributed by atoms with Crippen LogP contribution in [0, 0.1) is 12.7 Å². The fourth-order valence-electron chi connectivity index (χ4n) is 4.07. The first kappa shape index (κ1) is 16.8. The van der Waals surface area contributed by atoms with E-state index >= 15 is 0 Å². The van der Waals surface area contributed by atoms with Gasteiger partial charge in [-0.1, -0.05) is 0 Å². The van der Waals surface area contributed by atoms with Gasteiger partial charge in [0.25, 0.3) is 5.91 Å². The number of aromatic nitrogens is 3. The van der Waals surface area contributed by atoms with Crippen molar-refractivity contribution in [3.8, 4) is 0 Å². The van der Waals surface area contributed by atoms with Crippen LogP contribution in [0.4, 0.5) is 4.39 Å². The van der Waals surface area contributed by atoms with Crippen LogP contribution in [0.5, 0.6) is 0 Å². The molecule has 0 bridgehead atoms. The summed E-state index contributed by atoms with van der Waals surface area (Å²) in [5.41, 5.74) is 2.46. The van der Waals surface area contributed by atoms with Crippen molar-refractivity contribution in [1.82, 2.24) is 19.0 Å². The molecule has 5 nitrogen and oxygen atoms in total. The standard InChI is InChI=1S/C20H23FN4O/c1-13-11-23(2)19(22-13)14-5-4-8-25(12-14)20(26)18-10-15-9-16(21)6-7-17(15)24(18)3/h6-7,9-11,14H,4-5,8,12H2,1-3H3. The first-order valence-corrected chi connectivity index (χ1v) is 8.98. The van der Waals surface area contributed by atoms with Gasteiger partial charge in [-0.3, -0.25) is 4.79 Å². The number of amides is 1. The summed E-state index contributed by atoms with van der Waals surface area (Å²) in [5, 5.41) is 0.754. The highest BCUT2D eigenvalue weighted by atomic mass is 19.1. The predicted molar refractivity (Wildman–Crippen MR) is 98.7 cm³/mol. The summed E-state index contributed by atoms with van der Waals surface area (Å²) in [6.45, 7) is 3.40. The SMILES string of the molecule is Cc1cn(C)c(C2CCCN(C(=O)c3cc4cc(F)ccc4n3C)C2)n1. The van der Waals surface area contributed by atoms with Crippen molar-refractivity contribution in [1.29, 1.82) is 0 Å². The summed E-state index contributed by atoms with van der Waals surface area (Å²) in [4.78, 5) is 19.7. The summed E-state index contributed by atoms with van der Waals surface area (Å²) in [5.74, 6) is 1.00. The molecule has 2 aromatic heterocycles. The van der Waals surface area contributed by atoms with Gasteiger partial charge in [-0.05, 0) is 44.0 Å². The Balaban J connectivity index is 1.62. The number of benzene rings is 1. The van der Waals surface area contributed by atoms with Crippen LogP contribution in [0.15, 0.2) is 30.5 Å². The third-order valence-electron chi connectivity index (χ3n) is 5.33. The topological polar surface area (TPSA) is 43.1 Å². The first-order valence-electron chi connectivity index (χ1n) is 8.98. The van der Waals surface area contributed by atoms with Crippen molar-refractivity contribution < 1.29 is 9.18 Å². The minimum atomic E-state index is -0.287. The van der Waals surface area contributed by atoms with Crippen LogP contribution in [0.1, 0.15) is 40.8 Å². The summed E-state index contributed by atoms with van der Waals surface area (Å²) in [6.07, 6.45) is 4.02. The lowest BCUT2D eigenvalue weighted by molar-refractivity contribution is 0.0694. The average molecular weight is 354 g/mol. The van der Waals surface area contributed by atoms with E-state index in [-0.39, 0.29) is 17.6 Å². The normalized spacial score (nSPS) is 17.8. The predicted octanol–water partition coefficient (Wildman–Crippen LogP) is 3.38. The lowest BCUT2D eigenvalue weighted by Gasteiger charge is -2.32. The van der Waals surface area contributed by atoms with Gasteiger partial charge in [0.15, 0.2) is 0 Å². The maximum atomic E-state index is 13.5. The zero-order valence-corrected chi connectivity index (χ0v) is 15.4. The molecule has 136 valence electrons. The highest BCUT2D eigenvalue weighted by molar-refractivity contribution is 5.98. The van der Waals surface area contributed by atoms with Crippen molar-refractivity contribution in [2.45, 2.75) is 25.7 Å². The van der Waals surface area contributed by atoms with E-state index in [2.05, 4.69) is 9.55 Å². The molecule has 4 rings (SSSR count). The van der Waals surface area contributed by atoms with Gasteiger partial charge in [-0.15, -0.1) is 0 Å². The second-order valence-corrected chi connectivity index (χ2v) is 7.23. The van der Waals surface area contributed by atoms with Crippen molar-refractivity contribution in [2.24, 2.45) is 14.1 Å². The highest BCUT2D eigenvalue weighted by Crippen LogP contribution is 2.28. The van der Waals surface area contributed by atoms with Gasteiger partial charge >= 0.3 is 0 Å². The monoisotopic (exact) mass is 354 g/mol. The molecule has 1 fully saturated rings. The largest absolute Gasteiger partial charge is 0.340 e. The van der Waals surface area contributed by atoms with Crippen LogP contribution in [0.2, 0.25) is 0 Å². The fourth-order valence-corrected chi connectivity index (χ4v) is 4.07. The number of hydrogen-bond donors (Lipinski definition) is 0. The number of carbonyl (C=O) groups excluding carboxylic acids is 1. The third-order valence-corrected chi connectivity index (χ3v) is 5.33. The molecule has 0 radical (unpaired) electrons. The van der Waals surface area contributed by atoms with Gasteiger partial charge in [0.2, 0.25) is 0 Å². The molecule has 1 atom stereocenters. The Kier molecular flexibility index (Phi) is 4.05. The number of fused-ring (bicyclic) bond motifs is 1. The molecule has 1 aromatic carbocycles. The van der Waals surface area contributed by atoms with Crippen LogP contribution in [-0.4, -0.2) is 38.0 Å². The second-order valence-electron chi connectivity index (χ2n) is 7.23. The Morgan fingerprint density at radius 2 is 2.08 bits per heavy atom. The number of likely N-dealkylation sites (tertiary alicyclic amines) is 1. The number of nitrogens with zero attached hydrogens (tertiary/aromatic N) is 4. The number of piperidine rings is 1. The molecule has 1 aliphatic heterocycles. The lowest BCUT2D eigenvalue weighted by Crippen LogP contribution is -2.40. The van der Waals surface area contributed by atoms with E-state index in [9.17, 15) is 9.18 Å². The molecule has 1 unspecified atom stereocenters. The third kappa shape index (κ3) is 2.79. The highest BCUT2D eigenvalue weighted by Gasteiger charge is 2.29. The van der Waals surface area contributed by atoms with Gasteiger partial charge in [0.1, 0.15) is 17.3 Å². The molecular weight excluding hydrogens is 331 g/mol. The van der Waals surface area contributed by atoms with E-state index in [4.69, 9.17) is 0 Å². The van der Waals surface area contributed by atoms with E-state index in [1.807, 2.05) is 36.7 Å². The molecule has 0 saturated carbocycles. The molecule has 1 amide bonds. The molecule has 0 aliphatic carbocycles. The second kappa shape index (κ2) is 6.27. The minimum Gasteiger partial charge on any atom is -0.340 e. The number of aryl methyl sites for hydroxylation is 3. The van der Waals surface area contributed by atoms with E-state index in [1.54, 1.807) is 12.1 Å². The summed E-state index contributed by atoms with van der Waals surface area (Å²) >= 11 is 0. The van der Waals surface area contributed by atoms with Crippen molar-refractivity contribution in [3.63, 3.8) is 0 Å². The van der Waals surface area contributed by atoms with E-state index in [0.29, 0.717) is 12.2 Å². The van der Waals surface area contributed by atoms with E-state index in [1.165, 1.54) is 12.1 Å². The van der Waals surface area contributed by atoms with Gasteiger partial charge in [-0.25, -0.2) is 9.37 Å². The molecule has 3 heterocycles. The maximum Gasteiger partial charge on any atom is 0.270 e. The van der Waals surface area contributed by atoms with E-state index < -0.39 is 0 Å². The zero-order valence-electron chi connectivity index (χ0n) is 15.4. The van der Waals surface area contributed by atoms with E-state index in [0.717, 1.165) is 41.8 Å². The van der Waals surface area contributed by atoms with Gasteiger partial charge in [0.05, 0.1) is 5.69 Å². The summed E-state index contributed by atoms with van der Waals surface area (Å²) in [7, 11) is 3.87. The molecule has 1 saturated heterocycles. The number of halogens is 1. The number of carbonyl (C=O) groups is 1. The quantitative estimate of drug-likeness (QED) is 0.708. The van der Waals surface area contributed by atoms with Gasteiger partial charge in [0, 0.05) is 50.2 Å². The molecule has 0 spiro atoms. The molecule has 1 aliphatic rings. The first-order chi connectivity index (χ1) is 12.4. The molecule has 3 aromatic rings. The Morgan fingerprint density at radius 3 is 2.81 bits per heavy atom. The summed E-state index contributed by atoms with van der Waals surface area (Å²) in [6, 6.07) is 6.41. The van der Waals surface area contributed by atoms with Crippen molar-refractivity contribution in [3.05, 3.63) is 53.5 Å². The van der Waals surface area contributed by atoms with Gasteiger partial charge in [-0.2, -0.15) is 0 Å². The van der Waals surface area contributed by atoms with Crippen LogP contribution in [-0.2, 0) is 14.1 Å². The van der Waals surface area contributed by atoms with Crippen LogP contribution >= 0.6 is 0 Å². The zero-order chi connectivity index (χ0) is 18.4. The van der Waals surface area contributed by atoms with Crippen LogP contribution < -0.4 is 0 Å². The Morgan fingerprint density at radius 1 is 1.27 bits per heavy atom. The van der Waals surface area contributed by atoms with Crippen molar-refractivity contribution in [2.75, 3.05) is 13.1 Å². The Bertz CT molecular complexity index is 987. The molecule has 6 heteroatoms. The number of hydrogen-bond acceptors (Lipinski definition) is 2. The van der Waals surface area contributed by atoms with Crippen LogP contribution in [0.25, 0.3) is 10.9 Å². The van der Waals surface area contributed by atoms with Crippen LogP contribution in [0.3, 0.4) is 0 Å². The molecular formula is C20H23FN4O. The summed E-state index contributed by atoms with van der Waals surface area (Å²) < 4.78 is 17.4. The lowest BCUT2D eigenvalue weighted by atomic mass is 9.97. The smallest absolute Gasteiger partial charge is 0.270 e. The Labute approximate surface area is 152 Å². The minimum absolute atomic E-state index is 0.000241. The Hall–Kier alpha value is -2.63. The maximum absolute atomic E-state index is 13.5. The van der Waals surface area contributed by atoms with Crippen molar-refractivity contribution >= 4 is 16.8 Å². The number of rotatable bonds is 2. The molecule has 0 N–H and O–H groups in total. The fraction of sp³-hybridized carbons (Fsp3) is 0.400.